The van der Waals surface area contributed by atoms with E-state index in [2.05, 4.69) is 10.0 Å². The Bertz CT molecular complexity index is 1070. The highest BCUT2D eigenvalue weighted by molar-refractivity contribution is 7.92. The first-order chi connectivity index (χ1) is 14.0. The Morgan fingerprint density at radius 2 is 1.52 bits per heavy atom. The van der Waals surface area contributed by atoms with E-state index in [4.69, 9.17) is 11.6 Å². The van der Waals surface area contributed by atoms with Crippen molar-refractivity contribution in [1.82, 2.24) is 5.32 Å². The lowest BCUT2D eigenvalue weighted by molar-refractivity contribution is 0.0953. The Labute approximate surface area is 175 Å². The molecule has 0 fully saturated rings. The van der Waals surface area contributed by atoms with Crippen LogP contribution in [0.1, 0.15) is 22.3 Å². The van der Waals surface area contributed by atoms with Crippen LogP contribution in [0.25, 0.3) is 0 Å². The maximum absolute atomic E-state index is 12.3. The maximum Gasteiger partial charge on any atom is 0.261 e. The predicted molar refractivity (Wildman–Crippen MR) is 116 cm³/mol. The van der Waals surface area contributed by atoms with E-state index in [1.165, 1.54) is 12.1 Å². The molecule has 0 aliphatic heterocycles. The van der Waals surface area contributed by atoms with Crippen LogP contribution < -0.4 is 10.0 Å². The fraction of sp³-hybridized carbons (Fsp3) is 0.136. The highest BCUT2D eigenvalue weighted by Crippen LogP contribution is 2.17. The van der Waals surface area contributed by atoms with Crippen molar-refractivity contribution in [2.45, 2.75) is 17.7 Å². The third kappa shape index (κ3) is 5.82. The number of sulfonamides is 1. The number of benzene rings is 3. The van der Waals surface area contributed by atoms with Crippen molar-refractivity contribution in [1.29, 1.82) is 0 Å². The molecule has 0 spiro atoms. The molecule has 7 heteroatoms. The molecule has 2 N–H and O–H groups in total. The van der Waals surface area contributed by atoms with Crippen molar-refractivity contribution in [2.24, 2.45) is 0 Å². The lowest BCUT2D eigenvalue weighted by Crippen LogP contribution is -2.24. The van der Waals surface area contributed by atoms with Gasteiger partial charge in [-0.25, -0.2) is 8.42 Å². The van der Waals surface area contributed by atoms with E-state index in [9.17, 15) is 13.2 Å². The van der Waals surface area contributed by atoms with Gasteiger partial charge in [0, 0.05) is 22.8 Å². The van der Waals surface area contributed by atoms with Crippen LogP contribution in [-0.2, 0) is 16.4 Å². The molecule has 3 aromatic carbocycles. The van der Waals surface area contributed by atoms with E-state index in [1.807, 2.05) is 24.3 Å². The lowest BCUT2D eigenvalue weighted by atomic mass is 10.1. The van der Waals surface area contributed by atoms with Crippen LogP contribution >= 0.6 is 11.6 Å². The quantitative estimate of drug-likeness (QED) is 0.518. The molecule has 0 heterocycles. The molecule has 0 aromatic heterocycles. The van der Waals surface area contributed by atoms with Gasteiger partial charge in [-0.2, -0.15) is 0 Å². The second kappa shape index (κ2) is 9.58. The lowest BCUT2D eigenvalue weighted by Gasteiger charge is -2.09. The van der Waals surface area contributed by atoms with Crippen LogP contribution in [0.15, 0.2) is 83.8 Å². The third-order valence-corrected chi connectivity index (χ3v) is 6.09. The molecule has 0 saturated carbocycles. The summed E-state index contributed by atoms with van der Waals surface area (Å²) in [5, 5.41) is 3.59. The Morgan fingerprint density at radius 3 is 2.21 bits per heavy atom. The topological polar surface area (TPSA) is 75.3 Å². The van der Waals surface area contributed by atoms with Crippen LogP contribution in [0.2, 0.25) is 5.02 Å². The van der Waals surface area contributed by atoms with Gasteiger partial charge in [0.05, 0.1) is 4.90 Å². The van der Waals surface area contributed by atoms with E-state index in [0.29, 0.717) is 17.8 Å². The van der Waals surface area contributed by atoms with Crippen LogP contribution in [-0.4, -0.2) is 20.9 Å². The Kier molecular flexibility index (Phi) is 6.90. The summed E-state index contributed by atoms with van der Waals surface area (Å²) in [6.07, 6.45) is 1.55. The minimum absolute atomic E-state index is 0.181. The highest BCUT2D eigenvalue weighted by atomic mass is 35.5. The number of carbonyl (C=O) groups is 1. The van der Waals surface area contributed by atoms with E-state index >= 15 is 0 Å². The van der Waals surface area contributed by atoms with Crippen LogP contribution in [0.4, 0.5) is 5.69 Å². The van der Waals surface area contributed by atoms with Crippen molar-refractivity contribution in [2.75, 3.05) is 11.3 Å². The fourth-order valence-electron chi connectivity index (χ4n) is 2.79. The molecule has 150 valence electrons. The van der Waals surface area contributed by atoms with Crippen LogP contribution in [0.3, 0.4) is 0 Å². The molecule has 5 nitrogen and oxygen atoms in total. The Balaban J connectivity index is 1.52. The van der Waals surface area contributed by atoms with Gasteiger partial charge in [-0.15, -0.1) is 0 Å². The maximum atomic E-state index is 12.3. The summed E-state index contributed by atoms with van der Waals surface area (Å²) < 4.78 is 27.2. The van der Waals surface area contributed by atoms with Crippen molar-refractivity contribution < 1.29 is 13.2 Å². The number of aryl methyl sites for hydroxylation is 1. The molecule has 0 unspecified atom stereocenters. The van der Waals surface area contributed by atoms with Gasteiger partial charge in [-0.05, 0) is 60.9 Å². The van der Waals surface area contributed by atoms with Crippen molar-refractivity contribution in [3.8, 4) is 0 Å². The van der Waals surface area contributed by atoms with E-state index in [0.717, 1.165) is 23.4 Å². The summed E-state index contributed by atoms with van der Waals surface area (Å²) in [7, 11) is -3.66. The monoisotopic (exact) mass is 428 g/mol. The third-order valence-electron chi connectivity index (χ3n) is 4.32. The van der Waals surface area contributed by atoms with Gasteiger partial charge in [0.2, 0.25) is 0 Å². The summed E-state index contributed by atoms with van der Waals surface area (Å²) in [4.78, 5) is 12.4. The van der Waals surface area contributed by atoms with Crippen LogP contribution in [0, 0.1) is 0 Å². The molecule has 0 radical (unpaired) electrons. The highest BCUT2D eigenvalue weighted by Gasteiger charge is 2.13. The molecule has 29 heavy (non-hydrogen) atoms. The van der Waals surface area contributed by atoms with Gasteiger partial charge < -0.3 is 5.32 Å². The van der Waals surface area contributed by atoms with Crippen molar-refractivity contribution in [3.63, 3.8) is 0 Å². The second-order valence-corrected chi connectivity index (χ2v) is 8.54. The zero-order valence-electron chi connectivity index (χ0n) is 15.6. The summed E-state index contributed by atoms with van der Waals surface area (Å²) in [6.45, 7) is 0.520. The fourth-order valence-corrected chi connectivity index (χ4v) is 4.10. The molecule has 0 bridgehead atoms. The summed E-state index contributed by atoms with van der Waals surface area (Å²) in [5.74, 6) is -0.207. The number of nitrogens with one attached hydrogen (secondary N) is 2. The summed E-state index contributed by atoms with van der Waals surface area (Å²) in [5.41, 5.74) is 1.91. The number of anilines is 1. The second-order valence-electron chi connectivity index (χ2n) is 6.45. The summed E-state index contributed by atoms with van der Waals surface area (Å²) >= 11 is 6.13. The Morgan fingerprint density at radius 1 is 0.862 bits per heavy atom. The number of amides is 1. The SMILES string of the molecule is O=C(NCCCc1ccccc1Cl)c1ccc(NS(=O)(=O)c2ccccc2)cc1. The number of hydrogen-bond donors (Lipinski definition) is 2. The molecule has 3 aromatic rings. The first-order valence-electron chi connectivity index (χ1n) is 9.15. The van der Waals surface area contributed by atoms with Gasteiger partial charge in [0.25, 0.3) is 15.9 Å². The molecule has 0 atom stereocenters. The average Bonchev–Trinajstić information content (AvgIpc) is 2.73. The van der Waals surface area contributed by atoms with E-state index in [1.54, 1.807) is 42.5 Å². The predicted octanol–water partition coefficient (Wildman–Crippen LogP) is 4.50. The molecule has 0 aliphatic carbocycles. The average molecular weight is 429 g/mol. The summed E-state index contributed by atoms with van der Waals surface area (Å²) in [6, 6.07) is 22.1. The molecule has 3 rings (SSSR count). The Hall–Kier alpha value is -2.83. The standard InChI is InChI=1S/C22H21ClN2O3S/c23-21-11-5-4-7-17(21)8-6-16-24-22(26)18-12-14-19(15-13-18)25-29(27,28)20-9-2-1-3-10-20/h1-5,7,9-15,25H,6,8,16H2,(H,24,26). The normalized spacial score (nSPS) is 11.1. The van der Waals surface area contributed by atoms with Gasteiger partial charge in [0.15, 0.2) is 0 Å². The van der Waals surface area contributed by atoms with Crippen LogP contribution in [0.5, 0.6) is 0 Å². The smallest absolute Gasteiger partial charge is 0.261 e. The zero-order chi connectivity index (χ0) is 20.7. The number of hydrogen-bond acceptors (Lipinski definition) is 3. The van der Waals surface area contributed by atoms with E-state index < -0.39 is 10.0 Å². The molecule has 0 aliphatic rings. The largest absolute Gasteiger partial charge is 0.352 e. The van der Waals surface area contributed by atoms with Gasteiger partial charge in [0.1, 0.15) is 0 Å². The van der Waals surface area contributed by atoms with E-state index in [-0.39, 0.29) is 10.8 Å². The number of carbonyl (C=O) groups excluding carboxylic acids is 1. The zero-order valence-corrected chi connectivity index (χ0v) is 17.2. The molecule has 1 amide bonds. The van der Waals surface area contributed by atoms with Gasteiger partial charge in [-0.1, -0.05) is 48.0 Å². The first kappa shape index (κ1) is 20.9. The minimum atomic E-state index is -3.66. The van der Waals surface area contributed by atoms with Crippen molar-refractivity contribution in [3.05, 3.63) is 95.0 Å². The van der Waals surface area contributed by atoms with Gasteiger partial charge in [-0.3, -0.25) is 9.52 Å². The number of rotatable bonds is 8. The van der Waals surface area contributed by atoms with Crippen molar-refractivity contribution >= 4 is 33.2 Å². The molecular formula is C22H21ClN2O3S. The minimum Gasteiger partial charge on any atom is -0.352 e. The number of halogens is 1. The molecular weight excluding hydrogens is 408 g/mol. The van der Waals surface area contributed by atoms with Gasteiger partial charge >= 0.3 is 0 Å². The molecule has 0 saturated heterocycles. The first-order valence-corrected chi connectivity index (χ1v) is 11.0.